The maximum absolute atomic E-state index is 11.7. The summed E-state index contributed by atoms with van der Waals surface area (Å²) in [4.78, 5) is 23.1. The SMILES string of the molecule is COc1cc(/C=C/C(=O)NC(=O)CC(C)Cl)cc(OC)c1OC. The number of alkyl halides is 1. The average molecular weight is 342 g/mol. The third-order valence-corrected chi connectivity index (χ3v) is 3.00. The van der Waals surface area contributed by atoms with Crippen LogP contribution in [-0.4, -0.2) is 38.5 Å². The van der Waals surface area contributed by atoms with Gasteiger partial charge in [0, 0.05) is 17.9 Å². The van der Waals surface area contributed by atoms with Crippen LogP contribution in [-0.2, 0) is 9.59 Å². The average Bonchev–Trinajstić information content (AvgIpc) is 2.50. The lowest BCUT2D eigenvalue weighted by molar-refractivity contribution is -0.127. The number of hydrogen-bond acceptors (Lipinski definition) is 5. The van der Waals surface area contributed by atoms with Gasteiger partial charge in [0.25, 0.3) is 5.91 Å². The zero-order valence-corrected chi connectivity index (χ0v) is 14.3. The van der Waals surface area contributed by atoms with Gasteiger partial charge in [-0.05, 0) is 30.7 Å². The molecule has 0 saturated heterocycles. The first-order valence-corrected chi connectivity index (χ1v) is 7.30. The Labute approximate surface area is 140 Å². The Morgan fingerprint density at radius 3 is 2.17 bits per heavy atom. The van der Waals surface area contributed by atoms with Gasteiger partial charge in [0.1, 0.15) is 0 Å². The predicted molar refractivity (Wildman–Crippen MR) is 88.2 cm³/mol. The molecular weight excluding hydrogens is 322 g/mol. The molecule has 0 aliphatic carbocycles. The standard InChI is InChI=1S/C16H20ClNO5/c1-10(17)7-15(20)18-14(19)6-5-11-8-12(21-2)16(23-4)13(9-11)22-3/h5-6,8-10H,7H2,1-4H3,(H,18,19,20)/b6-5+. The minimum Gasteiger partial charge on any atom is -0.493 e. The van der Waals surface area contributed by atoms with E-state index in [1.54, 1.807) is 19.1 Å². The number of ether oxygens (including phenoxy) is 3. The first kappa shape index (κ1) is 18.8. The highest BCUT2D eigenvalue weighted by Crippen LogP contribution is 2.38. The minimum absolute atomic E-state index is 0.0747. The Morgan fingerprint density at radius 2 is 1.74 bits per heavy atom. The quantitative estimate of drug-likeness (QED) is 0.609. The molecule has 0 heterocycles. The number of carbonyl (C=O) groups is 2. The Hall–Kier alpha value is -2.21. The highest BCUT2D eigenvalue weighted by Gasteiger charge is 2.12. The molecule has 7 heteroatoms. The number of methoxy groups -OCH3 is 3. The van der Waals surface area contributed by atoms with Gasteiger partial charge in [-0.25, -0.2) is 0 Å². The lowest BCUT2D eigenvalue weighted by Gasteiger charge is -2.12. The van der Waals surface area contributed by atoms with Crippen LogP contribution in [0.15, 0.2) is 18.2 Å². The number of hydrogen-bond donors (Lipinski definition) is 1. The first-order valence-electron chi connectivity index (χ1n) is 6.87. The van der Waals surface area contributed by atoms with Crippen molar-refractivity contribution in [3.05, 3.63) is 23.8 Å². The van der Waals surface area contributed by atoms with E-state index in [0.29, 0.717) is 22.8 Å². The number of carbonyl (C=O) groups excluding carboxylic acids is 2. The van der Waals surface area contributed by atoms with Gasteiger partial charge < -0.3 is 14.2 Å². The summed E-state index contributed by atoms with van der Waals surface area (Å²) in [5.41, 5.74) is 0.660. The molecule has 0 fully saturated rings. The van der Waals surface area contributed by atoms with Crippen molar-refractivity contribution < 1.29 is 23.8 Å². The Kier molecular flexibility index (Phi) is 7.41. The van der Waals surface area contributed by atoms with Gasteiger partial charge in [-0.3, -0.25) is 14.9 Å². The van der Waals surface area contributed by atoms with E-state index < -0.39 is 11.8 Å². The van der Waals surface area contributed by atoms with Gasteiger partial charge in [-0.1, -0.05) is 0 Å². The van der Waals surface area contributed by atoms with Crippen molar-refractivity contribution in [1.29, 1.82) is 0 Å². The molecule has 0 radical (unpaired) electrons. The molecular formula is C16H20ClNO5. The number of imide groups is 1. The molecule has 126 valence electrons. The minimum atomic E-state index is -0.527. The van der Waals surface area contributed by atoms with Crippen LogP contribution in [0.2, 0.25) is 0 Å². The third kappa shape index (κ3) is 5.83. The lowest BCUT2D eigenvalue weighted by Crippen LogP contribution is -2.30. The van der Waals surface area contributed by atoms with E-state index in [-0.39, 0.29) is 11.8 Å². The molecule has 1 unspecified atom stereocenters. The highest BCUT2D eigenvalue weighted by atomic mass is 35.5. The molecule has 0 aliphatic rings. The number of benzene rings is 1. The van der Waals surface area contributed by atoms with E-state index in [1.165, 1.54) is 33.5 Å². The summed E-state index contributed by atoms with van der Waals surface area (Å²) in [6.07, 6.45) is 2.86. The lowest BCUT2D eigenvalue weighted by atomic mass is 10.1. The fraction of sp³-hybridized carbons (Fsp3) is 0.375. The van der Waals surface area contributed by atoms with E-state index in [9.17, 15) is 9.59 Å². The molecule has 23 heavy (non-hydrogen) atoms. The molecule has 1 rings (SSSR count). The van der Waals surface area contributed by atoms with Crippen LogP contribution in [0.5, 0.6) is 17.2 Å². The van der Waals surface area contributed by atoms with Crippen molar-refractivity contribution in [2.45, 2.75) is 18.7 Å². The Balaban J connectivity index is 2.87. The van der Waals surface area contributed by atoms with E-state index >= 15 is 0 Å². The molecule has 2 amide bonds. The van der Waals surface area contributed by atoms with Crippen molar-refractivity contribution in [3.63, 3.8) is 0 Å². The molecule has 1 aromatic carbocycles. The van der Waals surface area contributed by atoms with Crippen LogP contribution in [0.25, 0.3) is 6.08 Å². The van der Waals surface area contributed by atoms with Crippen LogP contribution >= 0.6 is 11.6 Å². The van der Waals surface area contributed by atoms with Gasteiger partial charge in [-0.15, -0.1) is 11.6 Å². The normalized spacial score (nSPS) is 11.9. The van der Waals surface area contributed by atoms with E-state index in [4.69, 9.17) is 25.8 Å². The predicted octanol–water partition coefficient (Wildman–Crippen LogP) is 2.39. The summed E-state index contributed by atoms with van der Waals surface area (Å²) in [6, 6.07) is 3.38. The maximum atomic E-state index is 11.7. The summed E-state index contributed by atoms with van der Waals surface area (Å²) in [7, 11) is 4.51. The number of nitrogens with one attached hydrogen (secondary N) is 1. The van der Waals surface area contributed by atoms with Crippen LogP contribution in [0, 0.1) is 0 Å². The largest absolute Gasteiger partial charge is 0.493 e. The van der Waals surface area contributed by atoms with Crippen LogP contribution in [0.3, 0.4) is 0 Å². The number of halogens is 1. The fourth-order valence-electron chi connectivity index (χ4n) is 1.86. The summed E-state index contributed by atoms with van der Waals surface area (Å²) in [5, 5.41) is 1.89. The van der Waals surface area contributed by atoms with Gasteiger partial charge in [0.05, 0.1) is 21.3 Å². The number of amides is 2. The van der Waals surface area contributed by atoms with Gasteiger partial charge in [0.2, 0.25) is 11.7 Å². The Morgan fingerprint density at radius 1 is 1.17 bits per heavy atom. The zero-order valence-electron chi connectivity index (χ0n) is 13.5. The summed E-state index contributed by atoms with van der Waals surface area (Å²) in [6.45, 7) is 1.68. The highest BCUT2D eigenvalue weighted by molar-refractivity contribution is 6.21. The van der Waals surface area contributed by atoms with E-state index in [1.807, 2.05) is 0 Å². The topological polar surface area (TPSA) is 73.9 Å². The summed E-state index contributed by atoms with van der Waals surface area (Å²) in [5.74, 6) is 0.453. The molecule has 1 N–H and O–H groups in total. The van der Waals surface area contributed by atoms with Crippen LogP contribution in [0.1, 0.15) is 18.9 Å². The van der Waals surface area contributed by atoms with Crippen molar-refractivity contribution in [2.75, 3.05) is 21.3 Å². The van der Waals surface area contributed by atoms with Crippen LogP contribution in [0.4, 0.5) is 0 Å². The van der Waals surface area contributed by atoms with E-state index in [0.717, 1.165) is 0 Å². The second-order valence-corrected chi connectivity index (χ2v) is 5.43. The fourth-order valence-corrected chi connectivity index (χ4v) is 2.00. The van der Waals surface area contributed by atoms with Crippen molar-refractivity contribution in [2.24, 2.45) is 0 Å². The molecule has 1 aromatic rings. The van der Waals surface area contributed by atoms with Gasteiger partial charge in [0.15, 0.2) is 11.5 Å². The Bertz CT molecular complexity index is 573. The molecule has 0 bridgehead atoms. The second kappa shape index (κ2) is 9.05. The molecule has 0 aliphatic heterocycles. The molecule has 6 nitrogen and oxygen atoms in total. The van der Waals surface area contributed by atoms with Crippen molar-refractivity contribution in [3.8, 4) is 17.2 Å². The molecule has 0 spiro atoms. The molecule has 0 saturated carbocycles. The molecule has 0 aromatic heterocycles. The van der Waals surface area contributed by atoms with Gasteiger partial charge in [-0.2, -0.15) is 0 Å². The zero-order chi connectivity index (χ0) is 17.4. The molecule has 1 atom stereocenters. The summed E-state index contributed by atoms with van der Waals surface area (Å²) < 4.78 is 15.7. The van der Waals surface area contributed by atoms with E-state index in [2.05, 4.69) is 5.32 Å². The maximum Gasteiger partial charge on any atom is 0.250 e. The first-order chi connectivity index (χ1) is 10.9. The van der Waals surface area contributed by atoms with Crippen LogP contribution < -0.4 is 19.5 Å². The monoisotopic (exact) mass is 341 g/mol. The smallest absolute Gasteiger partial charge is 0.250 e. The van der Waals surface area contributed by atoms with Crippen molar-refractivity contribution >= 4 is 29.5 Å². The third-order valence-electron chi connectivity index (χ3n) is 2.84. The second-order valence-electron chi connectivity index (χ2n) is 4.69. The van der Waals surface area contributed by atoms with Crippen molar-refractivity contribution in [1.82, 2.24) is 5.32 Å². The van der Waals surface area contributed by atoms with Gasteiger partial charge >= 0.3 is 0 Å². The number of rotatable bonds is 7. The summed E-state index contributed by atoms with van der Waals surface area (Å²) >= 11 is 5.69.